The van der Waals surface area contributed by atoms with E-state index in [0.29, 0.717) is 12.0 Å². The molecule has 3 atom stereocenters. The average molecular weight is 942 g/mol. The van der Waals surface area contributed by atoms with Crippen LogP contribution in [0.4, 0.5) is 18.9 Å². The van der Waals surface area contributed by atoms with Crippen LogP contribution in [0.2, 0.25) is 0 Å². The van der Waals surface area contributed by atoms with Crippen LogP contribution in [-0.2, 0) is 50.3 Å². The summed E-state index contributed by atoms with van der Waals surface area (Å²) in [5.41, 5.74) is 9.86. The van der Waals surface area contributed by atoms with Crippen LogP contribution >= 0.6 is 0 Å². The highest BCUT2D eigenvalue weighted by atomic mass is 32.2. The third-order valence-electron chi connectivity index (χ3n) is 11.3. The van der Waals surface area contributed by atoms with Gasteiger partial charge in [0.25, 0.3) is 5.69 Å². The number of hydrogen-bond acceptors (Lipinski definition) is 7. The van der Waals surface area contributed by atoms with Crippen molar-refractivity contribution in [1.29, 1.82) is 0 Å². The van der Waals surface area contributed by atoms with Crippen molar-refractivity contribution < 1.29 is 39.7 Å². The molecule has 0 radical (unpaired) electrons. The van der Waals surface area contributed by atoms with Gasteiger partial charge < -0.3 is 20.7 Å². The molecule has 5 aromatic carbocycles. The molecule has 0 aliphatic rings. The summed E-state index contributed by atoms with van der Waals surface area (Å²) in [6.07, 6.45) is 1.24. The maximum atomic E-state index is 14.4. The number of aryl methyl sites for hydroxylation is 1. The number of carbonyl (C=O) groups excluding carboxylic acids is 1. The van der Waals surface area contributed by atoms with Gasteiger partial charge in [-0.2, -0.15) is 17.5 Å². The largest absolute Gasteiger partial charge is 0.417 e. The molecule has 0 fully saturated rings. The van der Waals surface area contributed by atoms with E-state index in [9.17, 15) is 44.9 Å². The Kier molecular flexibility index (Phi) is 13.6. The van der Waals surface area contributed by atoms with Crippen LogP contribution in [-0.4, -0.2) is 65.0 Å². The molecule has 6 N–H and O–H groups in total. The summed E-state index contributed by atoms with van der Waals surface area (Å²) in [6.45, 7) is 4.91. The first kappa shape index (κ1) is 47.2. The average Bonchev–Trinajstić information content (AvgIpc) is 4.00. The van der Waals surface area contributed by atoms with Gasteiger partial charge in [0, 0.05) is 81.9 Å². The number of sulfonamides is 2. The van der Waals surface area contributed by atoms with E-state index in [1.807, 2.05) is 79.0 Å². The molecule has 8 rings (SSSR count). The minimum absolute atomic E-state index is 0.0186. The minimum atomic E-state index is -4.74. The summed E-state index contributed by atoms with van der Waals surface area (Å²) in [4.78, 5) is 32.4. The van der Waals surface area contributed by atoms with Gasteiger partial charge in [0.05, 0.1) is 20.3 Å². The van der Waals surface area contributed by atoms with Crippen molar-refractivity contribution in [2.24, 2.45) is 5.73 Å². The highest BCUT2D eigenvalue weighted by Gasteiger charge is 2.41. The van der Waals surface area contributed by atoms with Crippen molar-refractivity contribution in [3.63, 3.8) is 0 Å². The molecular formula is C47H46F3N7O7S2. The number of primary amides is 1. The number of carbonyl (C=O) groups is 1. The Hall–Kier alpha value is -6.80. The number of para-hydroxylation sites is 3. The molecule has 66 heavy (non-hydrogen) atoms. The first-order valence-corrected chi connectivity index (χ1v) is 23.6. The normalized spacial score (nSPS) is 13.7. The second-order valence-electron chi connectivity index (χ2n) is 16.0. The van der Waals surface area contributed by atoms with Gasteiger partial charge in [-0.3, -0.25) is 14.9 Å². The van der Waals surface area contributed by atoms with Crippen LogP contribution in [0.15, 0.2) is 144 Å². The number of benzene rings is 5. The van der Waals surface area contributed by atoms with E-state index in [1.165, 1.54) is 18.2 Å². The van der Waals surface area contributed by atoms with Gasteiger partial charge >= 0.3 is 6.18 Å². The number of aromatic nitrogens is 3. The fourth-order valence-corrected chi connectivity index (χ4v) is 11.8. The molecule has 0 spiro atoms. The maximum absolute atomic E-state index is 14.4. The third-order valence-corrected chi connectivity index (χ3v) is 15.1. The summed E-state index contributed by atoms with van der Waals surface area (Å²) < 4.78 is 96.5. The van der Waals surface area contributed by atoms with Gasteiger partial charge in [-0.05, 0) is 86.2 Å². The lowest BCUT2D eigenvalue weighted by Crippen LogP contribution is -2.53. The van der Waals surface area contributed by atoms with Crippen LogP contribution in [0, 0.1) is 17.0 Å². The van der Waals surface area contributed by atoms with E-state index in [-0.39, 0.29) is 23.4 Å². The molecule has 1 amide bonds. The quantitative estimate of drug-likeness (QED) is 0.0497. The topological polar surface area (TPSA) is 217 Å². The Bertz CT molecular complexity index is 3290. The van der Waals surface area contributed by atoms with Gasteiger partial charge in [-0.1, -0.05) is 72.8 Å². The number of rotatable bonds is 15. The lowest BCUT2D eigenvalue weighted by atomic mass is 10.0. The molecule has 3 unspecified atom stereocenters. The number of fused-ring (bicyclic) bond motifs is 3. The number of alkyl halides is 3. The van der Waals surface area contributed by atoms with Crippen molar-refractivity contribution in [2.75, 3.05) is 0 Å². The Morgan fingerprint density at radius 1 is 0.712 bits per heavy atom. The molecule has 0 aliphatic carbocycles. The second kappa shape index (κ2) is 19.0. The van der Waals surface area contributed by atoms with E-state index < -0.39 is 65.6 Å². The van der Waals surface area contributed by atoms with Gasteiger partial charge in [-0.15, -0.1) is 0 Å². The van der Waals surface area contributed by atoms with E-state index in [2.05, 4.69) is 19.7 Å². The Labute approximate surface area is 378 Å². The highest BCUT2D eigenvalue weighted by molar-refractivity contribution is 7.89. The minimum Gasteiger partial charge on any atom is -0.368 e. The number of nitrogens with two attached hydrogens (primary N) is 1. The fourth-order valence-electron chi connectivity index (χ4n) is 8.27. The van der Waals surface area contributed by atoms with E-state index in [0.717, 1.165) is 78.0 Å². The van der Waals surface area contributed by atoms with Crippen LogP contribution < -0.4 is 10.5 Å². The molecule has 344 valence electrons. The molecule has 0 bridgehead atoms. The van der Waals surface area contributed by atoms with E-state index in [4.69, 9.17) is 5.73 Å². The third kappa shape index (κ3) is 10.0. The Balaban J connectivity index is 0.000000215. The lowest BCUT2D eigenvalue weighted by molar-refractivity contribution is -0.385. The van der Waals surface area contributed by atoms with Gasteiger partial charge in [0.2, 0.25) is 26.0 Å². The monoisotopic (exact) mass is 941 g/mol. The first-order chi connectivity index (χ1) is 31.3. The first-order valence-electron chi connectivity index (χ1n) is 20.7. The number of nitro benzene ring substituents is 1. The van der Waals surface area contributed by atoms with Gasteiger partial charge in [0.15, 0.2) is 0 Å². The zero-order valence-electron chi connectivity index (χ0n) is 35.8. The number of nitrogens with zero attached hydrogens (tertiary/aromatic N) is 2. The highest BCUT2D eigenvalue weighted by Crippen LogP contribution is 2.35. The predicted octanol–water partition coefficient (Wildman–Crippen LogP) is 8.68. The van der Waals surface area contributed by atoms with Gasteiger partial charge in [-0.25, -0.2) is 21.6 Å². The predicted molar refractivity (Wildman–Crippen MR) is 247 cm³/mol. The van der Waals surface area contributed by atoms with E-state index >= 15 is 0 Å². The number of nitrogens with one attached hydrogen (secondary N) is 4. The number of non-ortho nitro benzene ring substituents is 1. The summed E-state index contributed by atoms with van der Waals surface area (Å²) in [5, 5.41) is 14.3. The molecule has 8 aromatic rings. The zero-order chi connectivity index (χ0) is 47.6. The lowest BCUT2D eigenvalue weighted by Gasteiger charge is -2.34. The van der Waals surface area contributed by atoms with E-state index in [1.54, 1.807) is 33.2 Å². The van der Waals surface area contributed by atoms with Crippen molar-refractivity contribution in [3.8, 4) is 0 Å². The molecule has 0 saturated carbocycles. The molecule has 19 heteroatoms. The number of amides is 1. The molecule has 14 nitrogen and oxygen atoms in total. The summed E-state index contributed by atoms with van der Waals surface area (Å²) in [7, 11) is -8.75. The van der Waals surface area contributed by atoms with Crippen LogP contribution in [0.1, 0.15) is 41.7 Å². The fraction of sp³-hybridized carbons (Fsp3) is 0.213. The molecule has 0 aliphatic heterocycles. The molecule has 0 saturated heterocycles. The van der Waals surface area contributed by atoms with Crippen molar-refractivity contribution in [2.45, 2.75) is 74.1 Å². The summed E-state index contributed by atoms with van der Waals surface area (Å²) >= 11 is 0. The van der Waals surface area contributed by atoms with Crippen LogP contribution in [0.5, 0.6) is 0 Å². The Morgan fingerprint density at radius 3 is 1.68 bits per heavy atom. The smallest absolute Gasteiger partial charge is 0.368 e. The SMILES string of the molecule is CC(Cc1c[nH]c2ccccc12)NS(=O)(=O)c1ccccc1C(F)(F)F.Cc1ccc([N+](=O)[O-])cc1S(=O)(=O)N(C(C)Cc1c[nH]c2ccccc12)C(Cc1c[nH]c2ccccc12)C(N)=O. The van der Waals surface area contributed by atoms with Crippen molar-refractivity contribution >= 4 is 64.3 Å². The summed E-state index contributed by atoms with van der Waals surface area (Å²) in [5.74, 6) is -0.817. The standard InChI is InChI=1S/C29H29N5O5S.C18H17F3N2O2S/c1-18-11-12-22(34(36)37)15-28(18)40(38,39)33(19(2)13-20-16-31-25-9-5-3-7-23(20)25)27(29(30)35)14-21-17-32-26-10-6-4-8-24(21)26;1-12(10-13-11-22-16-8-4-2-6-14(13)16)23-26(24,25)17-9-5-3-7-15(17)18(19,20)21/h3-12,15-17,19,27,31-32H,13-14H2,1-2H3,(H2,30,35);2-9,11-12,22-23H,10H2,1H3. The number of aromatic amines is 3. The molecular weight excluding hydrogens is 896 g/mol. The number of H-pyrrole nitrogens is 3. The van der Waals surface area contributed by atoms with Crippen LogP contribution in [0.3, 0.4) is 0 Å². The Morgan fingerprint density at radius 2 is 1.18 bits per heavy atom. The number of nitro groups is 1. The second-order valence-corrected chi connectivity index (χ2v) is 19.5. The van der Waals surface area contributed by atoms with Crippen molar-refractivity contribution in [3.05, 3.63) is 172 Å². The maximum Gasteiger partial charge on any atom is 0.417 e. The number of hydrogen-bond donors (Lipinski definition) is 5. The van der Waals surface area contributed by atoms with Crippen LogP contribution in [0.25, 0.3) is 32.7 Å². The zero-order valence-corrected chi connectivity index (χ0v) is 37.5. The van der Waals surface area contributed by atoms with Crippen molar-refractivity contribution in [1.82, 2.24) is 24.0 Å². The molecule has 3 aromatic heterocycles. The number of halogens is 3. The summed E-state index contributed by atoms with van der Waals surface area (Å²) in [6, 6.07) is 28.0. The van der Waals surface area contributed by atoms with Gasteiger partial charge in [0.1, 0.15) is 6.04 Å². The molecule has 3 heterocycles.